The summed E-state index contributed by atoms with van der Waals surface area (Å²) in [6.45, 7) is 5.56. The maximum atomic E-state index is 13.0. The first kappa shape index (κ1) is 14.9. The molecular weight excluding hydrogens is 304 g/mol. The first-order chi connectivity index (χ1) is 10.4. The van der Waals surface area contributed by atoms with Crippen LogP contribution in [0.1, 0.15) is 31.1 Å². The summed E-state index contributed by atoms with van der Waals surface area (Å²) in [7, 11) is 0. The van der Waals surface area contributed by atoms with E-state index in [0.717, 1.165) is 11.8 Å². The third-order valence-electron chi connectivity index (χ3n) is 3.68. The van der Waals surface area contributed by atoms with Gasteiger partial charge in [-0.25, -0.2) is 4.79 Å². The second kappa shape index (κ2) is 5.01. The summed E-state index contributed by atoms with van der Waals surface area (Å²) >= 11 is 1.05. The van der Waals surface area contributed by atoms with Crippen molar-refractivity contribution in [3.8, 4) is 5.75 Å². The lowest BCUT2D eigenvalue weighted by atomic mass is 9.87. The van der Waals surface area contributed by atoms with Crippen molar-refractivity contribution in [1.29, 1.82) is 0 Å². The molecule has 1 aromatic rings. The number of rotatable bonds is 2. The van der Waals surface area contributed by atoms with Gasteiger partial charge in [0.15, 0.2) is 0 Å². The Bertz CT molecular complexity index is 686. The number of hydrogen-bond donors (Lipinski definition) is 1. The van der Waals surface area contributed by atoms with E-state index in [1.165, 1.54) is 0 Å². The van der Waals surface area contributed by atoms with Crippen LogP contribution in [0.3, 0.4) is 0 Å². The number of thioether (sulfide) groups is 1. The van der Waals surface area contributed by atoms with Crippen LogP contribution in [0, 0.1) is 0 Å². The highest BCUT2D eigenvalue weighted by atomic mass is 32.2. The number of hydrogen-bond acceptors (Lipinski definition) is 7. The lowest BCUT2D eigenvalue weighted by Gasteiger charge is -2.44. The average molecular weight is 320 g/mol. The van der Waals surface area contributed by atoms with Crippen molar-refractivity contribution >= 4 is 28.6 Å². The third-order valence-corrected chi connectivity index (χ3v) is 5.20. The molecule has 0 fully saturated rings. The van der Waals surface area contributed by atoms with E-state index < -0.39 is 16.4 Å². The number of Topliss-reactive ketones (excluding diaryl/α,β-unsaturated/α-hetero) is 1. The van der Waals surface area contributed by atoms with E-state index in [4.69, 9.17) is 9.47 Å². The van der Waals surface area contributed by atoms with Crippen molar-refractivity contribution in [2.24, 2.45) is 5.10 Å². The molecule has 3 rings (SSSR count). The second-order valence-corrected chi connectivity index (χ2v) is 6.67. The molecule has 0 saturated heterocycles. The van der Waals surface area contributed by atoms with Crippen LogP contribution in [0.25, 0.3) is 0 Å². The van der Waals surface area contributed by atoms with Crippen molar-refractivity contribution < 1.29 is 19.1 Å². The molecule has 7 heteroatoms. The van der Waals surface area contributed by atoms with Crippen LogP contribution in [0.15, 0.2) is 29.4 Å². The molecule has 6 nitrogen and oxygen atoms in total. The molecule has 1 spiro atoms. The SMILES string of the molecule is CCOC(=O)C1=NNC2(S1)C(=O)c1ccccc1OC2(C)C. The van der Waals surface area contributed by atoms with E-state index in [2.05, 4.69) is 10.5 Å². The fourth-order valence-electron chi connectivity index (χ4n) is 2.51. The van der Waals surface area contributed by atoms with Gasteiger partial charge < -0.3 is 9.47 Å². The molecule has 0 amide bonds. The highest BCUT2D eigenvalue weighted by Crippen LogP contribution is 2.48. The summed E-state index contributed by atoms with van der Waals surface area (Å²) < 4.78 is 10.9. The van der Waals surface area contributed by atoms with Crippen molar-refractivity contribution in [3.63, 3.8) is 0 Å². The predicted molar refractivity (Wildman–Crippen MR) is 83.0 cm³/mol. The molecule has 0 saturated carbocycles. The van der Waals surface area contributed by atoms with Crippen molar-refractivity contribution in [2.75, 3.05) is 6.61 Å². The fraction of sp³-hybridized carbons (Fsp3) is 0.400. The van der Waals surface area contributed by atoms with Crippen LogP contribution in [-0.4, -0.2) is 33.9 Å². The number of carbonyl (C=O) groups excluding carboxylic acids is 2. The molecule has 1 aromatic carbocycles. The van der Waals surface area contributed by atoms with Crippen LogP contribution < -0.4 is 10.2 Å². The lowest BCUT2D eigenvalue weighted by Crippen LogP contribution is -2.64. The Balaban J connectivity index is 1.98. The minimum Gasteiger partial charge on any atom is -0.483 e. The minimum atomic E-state index is -1.18. The Labute approximate surface area is 132 Å². The Morgan fingerprint density at radius 1 is 1.41 bits per heavy atom. The first-order valence-corrected chi connectivity index (χ1v) is 7.77. The van der Waals surface area contributed by atoms with E-state index in [0.29, 0.717) is 11.3 Å². The molecular formula is C15H16N2O4S. The summed E-state index contributed by atoms with van der Waals surface area (Å²) in [5.41, 5.74) is 2.40. The van der Waals surface area contributed by atoms with Crippen molar-refractivity contribution in [2.45, 2.75) is 31.2 Å². The summed E-state index contributed by atoms with van der Waals surface area (Å²) in [6, 6.07) is 7.06. The lowest BCUT2D eigenvalue weighted by molar-refractivity contribution is -0.134. The Morgan fingerprint density at radius 2 is 2.14 bits per heavy atom. The average Bonchev–Trinajstić information content (AvgIpc) is 2.93. The number of para-hydroxylation sites is 1. The van der Waals surface area contributed by atoms with Gasteiger partial charge in [0.2, 0.25) is 15.7 Å². The van der Waals surface area contributed by atoms with Gasteiger partial charge >= 0.3 is 5.97 Å². The summed E-state index contributed by atoms with van der Waals surface area (Å²) in [4.78, 5) is 23.7. The number of hydrazone groups is 1. The number of ketones is 1. The van der Waals surface area contributed by atoms with Crippen LogP contribution in [0.2, 0.25) is 0 Å². The smallest absolute Gasteiger partial charge is 0.365 e. The van der Waals surface area contributed by atoms with Gasteiger partial charge in [-0.1, -0.05) is 23.9 Å². The van der Waals surface area contributed by atoms with Gasteiger partial charge in [0.1, 0.15) is 11.4 Å². The van der Waals surface area contributed by atoms with Crippen molar-refractivity contribution in [3.05, 3.63) is 29.8 Å². The fourth-order valence-corrected chi connectivity index (χ4v) is 3.61. The van der Waals surface area contributed by atoms with E-state index in [-0.39, 0.29) is 17.4 Å². The molecule has 2 aliphatic rings. The van der Waals surface area contributed by atoms with Crippen molar-refractivity contribution in [1.82, 2.24) is 5.43 Å². The van der Waals surface area contributed by atoms with E-state index in [1.54, 1.807) is 39.0 Å². The zero-order valence-corrected chi connectivity index (χ0v) is 13.3. The number of carbonyl (C=O) groups is 2. The van der Waals surface area contributed by atoms with Gasteiger partial charge in [-0.05, 0) is 32.9 Å². The Hall–Kier alpha value is -2.02. The summed E-state index contributed by atoms with van der Waals surface area (Å²) in [5, 5.41) is 4.14. The molecule has 0 radical (unpaired) electrons. The molecule has 1 unspecified atom stereocenters. The topological polar surface area (TPSA) is 77.0 Å². The number of benzene rings is 1. The molecule has 0 aliphatic carbocycles. The van der Waals surface area contributed by atoms with E-state index >= 15 is 0 Å². The number of nitrogens with one attached hydrogen (secondary N) is 1. The molecule has 0 bridgehead atoms. The number of nitrogens with zero attached hydrogens (tertiary/aromatic N) is 1. The van der Waals surface area contributed by atoms with E-state index in [1.807, 2.05) is 6.07 Å². The molecule has 22 heavy (non-hydrogen) atoms. The number of fused-ring (bicyclic) bond motifs is 1. The maximum absolute atomic E-state index is 13.0. The summed E-state index contributed by atoms with van der Waals surface area (Å²) in [5.74, 6) is -0.165. The van der Waals surface area contributed by atoms with Crippen LogP contribution in [0.4, 0.5) is 0 Å². The highest BCUT2D eigenvalue weighted by Gasteiger charge is 2.61. The number of esters is 1. The third kappa shape index (κ3) is 1.99. The molecule has 0 aromatic heterocycles. The molecule has 1 N–H and O–H groups in total. The largest absolute Gasteiger partial charge is 0.483 e. The molecule has 1 atom stereocenters. The Morgan fingerprint density at radius 3 is 2.86 bits per heavy atom. The van der Waals surface area contributed by atoms with Gasteiger partial charge in [-0.2, -0.15) is 5.10 Å². The predicted octanol–water partition coefficient (Wildman–Crippen LogP) is 1.95. The van der Waals surface area contributed by atoms with Gasteiger partial charge in [0.05, 0.1) is 12.2 Å². The molecule has 116 valence electrons. The van der Waals surface area contributed by atoms with Crippen LogP contribution >= 0.6 is 11.8 Å². The maximum Gasteiger partial charge on any atom is 0.365 e. The zero-order valence-electron chi connectivity index (χ0n) is 12.5. The van der Waals surface area contributed by atoms with Gasteiger partial charge in [0, 0.05) is 0 Å². The standard InChI is InChI=1S/C15H16N2O4S/c1-4-20-13(19)12-16-17-15(22-12)11(18)9-7-5-6-8-10(9)21-14(15,2)3/h5-8,17H,4H2,1-3H3. The normalized spacial score (nSPS) is 25.0. The first-order valence-electron chi connectivity index (χ1n) is 6.95. The van der Waals surface area contributed by atoms with E-state index in [9.17, 15) is 9.59 Å². The van der Waals surface area contributed by atoms with Gasteiger partial charge in [-0.15, -0.1) is 0 Å². The molecule has 2 aliphatic heterocycles. The van der Waals surface area contributed by atoms with Gasteiger partial charge in [-0.3, -0.25) is 10.2 Å². The Kier molecular flexibility index (Phi) is 3.40. The van der Waals surface area contributed by atoms with Crippen LogP contribution in [-0.2, 0) is 9.53 Å². The zero-order chi connectivity index (χ0) is 16.0. The second-order valence-electron chi connectivity index (χ2n) is 5.47. The monoisotopic (exact) mass is 320 g/mol. The highest BCUT2D eigenvalue weighted by molar-refractivity contribution is 8.17. The molecule has 2 heterocycles. The van der Waals surface area contributed by atoms with Gasteiger partial charge in [0.25, 0.3) is 0 Å². The number of ether oxygens (including phenoxy) is 2. The minimum absolute atomic E-state index is 0.131. The summed E-state index contributed by atoms with van der Waals surface area (Å²) in [6.07, 6.45) is 0. The quantitative estimate of drug-likeness (QED) is 0.839. The van der Waals surface area contributed by atoms with Crippen LogP contribution in [0.5, 0.6) is 5.75 Å².